The van der Waals surface area contributed by atoms with Gasteiger partial charge < -0.3 is 35.5 Å². The first-order chi connectivity index (χ1) is 20.2. The van der Waals surface area contributed by atoms with Crippen molar-refractivity contribution in [1.29, 1.82) is 0 Å². The van der Waals surface area contributed by atoms with E-state index in [1.807, 2.05) is 42.5 Å². The Balaban J connectivity index is 1.17. The van der Waals surface area contributed by atoms with E-state index in [9.17, 15) is 4.79 Å². The number of nitrogens with zero attached hydrogens (tertiary/aromatic N) is 3. The van der Waals surface area contributed by atoms with Gasteiger partial charge in [-0.1, -0.05) is 49.6 Å². The number of anilines is 3. The summed E-state index contributed by atoms with van der Waals surface area (Å²) in [6.45, 7) is 3.33. The molecule has 1 heterocycles. The average molecular weight is 564 g/mol. The molecule has 220 valence electrons. The number of rotatable bonds is 17. The standard InChI is InChI=1S/C30H41N7O4/c1-39-26-14-8-9-23(21-26)22-33-29-35-28(36-30(37-29)34-25-12-6-3-7-13-25)32-16-18-41-20-19-40-17-15-31-27(38)24-10-4-2-5-11-24/h2,4-5,8-11,14,21,25H,3,6-7,12-13,15-20,22H2,1H3,(H,31,38)(H3,32,33,34,35,36,37). The van der Waals surface area contributed by atoms with E-state index in [0.717, 1.165) is 24.2 Å². The van der Waals surface area contributed by atoms with Crippen LogP contribution in [0.15, 0.2) is 54.6 Å². The van der Waals surface area contributed by atoms with Crippen LogP contribution in [0.1, 0.15) is 48.0 Å². The molecule has 0 bridgehead atoms. The van der Waals surface area contributed by atoms with Gasteiger partial charge in [0.2, 0.25) is 17.8 Å². The zero-order valence-electron chi connectivity index (χ0n) is 23.7. The monoisotopic (exact) mass is 563 g/mol. The Labute approximate surface area is 241 Å². The fraction of sp³-hybridized carbons (Fsp3) is 0.467. The predicted octanol–water partition coefficient (Wildman–Crippen LogP) is 4.11. The number of hydrogen-bond acceptors (Lipinski definition) is 10. The van der Waals surface area contributed by atoms with Gasteiger partial charge in [-0.05, 0) is 42.7 Å². The van der Waals surface area contributed by atoms with Gasteiger partial charge in [0.25, 0.3) is 5.91 Å². The van der Waals surface area contributed by atoms with E-state index in [1.165, 1.54) is 19.3 Å². The molecule has 4 rings (SSSR count). The SMILES string of the molecule is COc1cccc(CNc2nc(NCCOCCOCCNC(=O)c3ccccc3)nc(NC3CCCCC3)n2)c1. The first-order valence-electron chi connectivity index (χ1n) is 14.3. The maximum Gasteiger partial charge on any atom is 0.251 e. The molecular weight excluding hydrogens is 522 g/mol. The number of benzene rings is 2. The topological polar surface area (TPSA) is 132 Å². The maximum absolute atomic E-state index is 12.0. The van der Waals surface area contributed by atoms with E-state index in [1.54, 1.807) is 19.2 Å². The molecule has 0 unspecified atom stereocenters. The number of nitrogens with one attached hydrogen (secondary N) is 4. The molecule has 41 heavy (non-hydrogen) atoms. The lowest BCUT2D eigenvalue weighted by Gasteiger charge is -2.23. The van der Waals surface area contributed by atoms with Crippen molar-refractivity contribution in [3.63, 3.8) is 0 Å². The van der Waals surface area contributed by atoms with Gasteiger partial charge >= 0.3 is 0 Å². The summed E-state index contributed by atoms with van der Waals surface area (Å²) in [5.41, 5.74) is 1.70. The highest BCUT2D eigenvalue weighted by molar-refractivity contribution is 5.94. The Morgan fingerprint density at radius 2 is 1.51 bits per heavy atom. The molecule has 11 nitrogen and oxygen atoms in total. The molecule has 0 spiro atoms. The second kappa shape index (κ2) is 17.0. The average Bonchev–Trinajstić information content (AvgIpc) is 3.02. The normalized spacial score (nSPS) is 13.4. The van der Waals surface area contributed by atoms with Crippen LogP contribution in [0.3, 0.4) is 0 Å². The molecule has 3 aromatic rings. The van der Waals surface area contributed by atoms with Crippen LogP contribution in [-0.2, 0) is 16.0 Å². The quantitative estimate of drug-likeness (QED) is 0.178. The number of aromatic nitrogens is 3. The summed E-state index contributed by atoms with van der Waals surface area (Å²) in [7, 11) is 1.66. The van der Waals surface area contributed by atoms with Crippen molar-refractivity contribution >= 4 is 23.8 Å². The van der Waals surface area contributed by atoms with Crippen LogP contribution < -0.4 is 26.0 Å². The molecule has 1 amide bonds. The lowest BCUT2D eigenvalue weighted by atomic mass is 9.96. The van der Waals surface area contributed by atoms with Gasteiger partial charge in [0.05, 0.1) is 33.5 Å². The van der Waals surface area contributed by atoms with Crippen molar-refractivity contribution in [2.45, 2.75) is 44.7 Å². The highest BCUT2D eigenvalue weighted by Crippen LogP contribution is 2.21. The van der Waals surface area contributed by atoms with Crippen molar-refractivity contribution in [1.82, 2.24) is 20.3 Å². The fourth-order valence-corrected chi connectivity index (χ4v) is 4.48. The molecule has 0 saturated heterocycles. The molecule has 1 aromatic heterocycles. The molecule has 0 atom stereocenters. The van der Waals surface area contributed by atoms with Gasteiger partial charge in [-0.2, -0.15) is 15.0 Å². The third-order valence-electron chi connectivity index (χ3n) is 6.63. The molecule has 1 aliphatic rings. The van der Waals surface area contributed by atoms with Crippen LogP contribution in [0.4, 0.5) is 17.8 Å². The van der Waals surface area contributed by atoms with E-state index in [0.29, 0.717) is 75.5 Å². The Bertz CT molecular complexity index is 1190. The van der Waals surface area contributed by atoms with Gasteiger partial charge in [-0.15, -0.1) is 0 Å². The Kier molecular flexibility index (Phi) is 12.4. The summed E-state index contributed by atoms with van der Waals surface area (Å²) in [5, 5.41) is 12.9. The molecular formula is C30H41N7O4. The molecule has 1 fully saturated rings. The number of carbonyl (C=O) groups excluding carboxylic acids is 1. The number of methoxy groups -OCH3 is 1. The highest BCUT2D eigenvalue weighted by Gasteiger charge is 2.16. The fourth-order valence-electron chi connectivity index (χ4n) is 4.48. The summed E-state index contributed by atoms with van der Waals surface area (Å²) in [5.74, 6) is 2.25. The summed E-state index contributed by atoms with van der Waals surface area (Å²) in [4.78, 5) is 25.8. The summed E-state index contributed by atoms with van der Waals surface area (Å²) >= 11 is 0. The predicted molar refractivity (Wildman–Crippen MR) is 160 cm³/mol. The molecule has 1 aliphatic carbocycles. The van der Waals surface area contributed by atoms with Crippen molar-refractivity contribution in [2.24, 2.45) is 0 Å². The highest BCUT2D eigenvalue weighted by atomic mass is 16.5. The zero-order chi connectivity index (χ0) is 28.5. The van der Waals surface area contributed by atoms with Crippen LogP contribution in [0.2, 0.25) is 0 Å². The van der Waals surface area contributed by atoms with Crippen LogP contribution in [0.5, 0.6) is 5.75 Å². The van der Waals surface area contributed by atoms with Crippen molar-refractivity contribution in [2.75, 3.05) is 62.6 Å². The molecule has 4 N–H and O–H groups in total. The number of hydrogen-bond donors (Lipinski definition) is 4. The third-order valence-corrected chi connectivity index (χ3v) is 6.63. The van der Waals surface area contributed by atoms with Crippen molar-refractivity contribution in [3.8, 4) is 5.75 Å². The minimum Gasteiger partial charge on any atom is -0.497 e. The molecule has 0 radical (unpaired) electrons. The lowest BCUT2D eigenvalue weighted by Crippen LogP contribution is -2.27. The Hall–Kier alpha value is -3.96. The van der Waals surface area contributed by atoms with Crippen molar-refractivity contribution in [3.05, 3.63) is 65.7 Å². The largest absolute Gasteiger partial charge is 0.497 e. The van der Waals surface area contributed by atoms with Crippen LogP contribution >= 0.6 is 0 Å². The summed E-state index contributed by atoms with van der Waals surface area (Å²) in [6, 6.07) is 17.4. The first kappa shape index (κ1) is 30.0. The van der Waals surface area contributed by atoms with Crippen LogP contribution in [-0.4, -0.2) is 73.5 Å². The van der Waals surface area contributed by atoms with Crippen LogP contribution in [0.25, 0.3) is 0 Å². The number of carbonyl (C=O) groups is 1. The molecule has 11 heteroatoms. The second-order valence-electron chi connectivity index (χ2n) is 9.76. The van der Waals surface area contributed by atoms with E-state index < -0.39 is 0 Å². The summed E-state index contributed by atoms with van der Waals surface area (Å²) < 4.78 is 16.5. The molecule has 1 saturated carbocycles. The van der Waals surface area contributed by atoms with E-state index in [4.69, 9.17) is 14.2 Å². The molecule has 2 aromatic carbocycles. The van der Waals surface area contributed by atoms with Gasteiger partial charge in [-0.25, -0.2) is 0 Å². The minimum absolute atomic E-state index is 0.106. The van der Waals surface area contributed by atoms with Gasteiger partial charge in [0.1, 0.15) is 5.75 Å². The maximum atomic E-state index is 12.0. The third kappa shape index (κ3) is 10.8. The van der Waals surface area contributed by atoms with Crippen LogP contribution in [0, 0.1) is 0 Å². The number of ether oxygens (including phenoxy) is 3. The molecule has 0 aliphatic heterocycles. The first-order valence-corrected chi connectivity index (χ1v) is 14.3. The van der Waals surface area contributed by atoms with Crippen molar-refractivity contribution < 1.29 is 19.0 Å². The second-order valence-corrected chi connectivity index (χ2v) is 9.76. The van der Waals surface area contributed by atoms with E-state index in [2.05, 4.69) is 36.2 Å². The van der Waals surface area contributed by atoms with E-state index >= 15 is 0 Å². The Morgan fingerprint density at radius 3 is 2.27 bits per heavy atom. The lowest BCUT2D eigenvalue weighted by molar-refractivity contribution is 0.0519. The smallest absolute Gasteiger partial charge is 0.251 e. The van der Waals surface area contributed by atoms with Gasteiger partial charge in [0.15, 0.2) is 0 Å². The zero-order valence-corrected chi connectivity index (χ0v) is 23.7. The van der Waals surface area contributed by atoms with Gasteiger partial charge in [0, 0.05) is 31.2 Å². The van der Waals surface area contributed by atoms with Gasteiger partial charge in [-0.3, -0.25) is 4.79 Å². The summed E-state index contributed by atoms with van der Waals surface area (Å²) in [6.07, 6.45) is 5.97. The Morgan fingerprint density at radius 1 is 0.805 bits per heavy atom. The van der Waals surface area contributed by atoms with E-state index in [-0.39, 0.29) is 5.91 Å². The minimum atomic E-state index is -0.106. The number of amides is 1.